The topological polar surface area (TPSA) is 68.9 Å². The number of hydrogen-bond acceptors (Lipinski definition) is 4. The molecule has 27 heavy (non-hydrogen) atoms. The molecule has 140 valence electrons. The van der Waals surface area contributed by atoms with Crippen molar-refractivity contribution < 1.29 is 18.1 Å². The van der Waals surface area contributed by atoms with Gasteiger partial charge in [0.15, 0.2) is 0 Å². The van der Waals surface area contributed by atoms with Crippen LogP contribution in [0.1, 0.15) is 19.4 Å². The highest BCUT2D eigenvalue weighted by Gasteiger charge is 2.30. The normalized spacial score (nSPS) is 10.7. The Hall–Kier alpha value is -3.29. The summed E-state index contributed by atoms with van der Waals surface area (Å²) in [5.74, 6) is 0. The minimum absolute atomic E-state index is 0.0660. The minimum atomic E-state index is -4.41. The number of halogens is 3. The van der Waals surface area contributed by atoms with Gasteiger partial charge in [-0.2, -0.15) is 13.2 Å². The lowest BCUT2D eigenvalue weighted by molar-refractivity contribution is -0.384. The summed E-state index contributed by atoms with van der Waals surface area (Å²) in [4.78, 5) is 18.6. The lowest BCUT2D eigenvalue weighted by Crippen LogP contribution is -2.04. The number of benzene rings is 2. The van der Waals surface area contributed by atoms with Gasteiger partial charge in [0.25, 0.3) is 5.69 Å². The van der Waals surface area contributed by atoms with Crippen molar-refractivity contribution in [2.45, 2.75) is 20.0 Å². The Bertz CT molecular complexity index is 909. The van der Waals surface area contributed by atoms with E-state index in [1.165, 1.54) is 48.8 Å². The van der Waals surface area contributed by atoms with Crippen molar-refractivity contribution >= 4 is 5.69 Å². The number of rotatable bonds is 3. The number of aromatic nitrogens is 2. The van der Waals surface area contributed by atoms with Crippen LogP contribution >= 0.6 is 0 Å². The van der Waals surface area contributed by atoms with E-state index < -0.39 is 16.7 Å². The summed E-state index contributed by atoms with van der Waals surface area (Å²) in [6.45, 7) is 4.00. The van der Waals surface area contributed by atoms with E-state index in [4.69, 9.17) is 0 Å². The maximum atomic E-state index is 12.7. The maximum Gasteiger partial charge on any atom is 0.416 e. The van der Waals surface area contributed by atoms with Crippen molar-refractivity contribution in [3.63, 3.8) is 0 Å². The fraction of sp³-hybridized carbons (Fsp3) is 0.158. The fourth-order valence-electron chi connectivity index (χ4n) is 2.32. The second kappa shape index (κ2) is 8.39. The van der Waals surface area contributed by atoms with Gasteiger partial charge in [-0.15, -0.1) is 0 Å². The third-order valence-electron chi connectivity index (χ3n) is 3.54. The van der Waals surface area contributed by atoms with Crippen molar-refractivity contribution in [2.75, 3.05) is 0 Å². The third kappa shape index (κ3) is 4.66. The summed E-state index contributed by atoms with van der Waals surface area (Å²) in [5.41, 5.74) is 1.05. The average Bonchev–Trinajstić information content (AvgIpc) is 2.69. The molecule has 0 saturated carbocycles. The van der Waals surface area contributed by atoms with Crippen LogP contribution in [0.2, 0.25) is 0 Å². The molecule has 1 aromatic heterocycles. The Balaban J connectivity index is 0.00000126. The molecule has 0 atom stereocenters. The summed E-state index contributed by atoms with van der Waals surface area (Å²) in [6, 6.07) is 10.3. The molecular weight excluding hydrogens is 359 g/mol. The van der Waals surface area contributed by atoms with Crippen molar-refractivity contribution in [1.29, 1.82) is 0 Å². The predicted molar refractivity (Wildman–Crippen MR) is 95.9 cm³/mol. The van der Waals surface area contributed by atoms with Gasteiger partial charge in [-0.05, 0) is 24.3 Å². The zero-order chi connectivity index (χ0) is 20.0. The van der Waals surface area contributed by atoms with E-state index in [1.54, 1.807) is 0 Å². The molecule has 0 spiro atoms. The first-order valence-electron chi connectivity index (χ1n) is 8.10. The van der Waals surface area contributed by atoms with Crippen LogP contribution in [0.3, 0.4) is 0 Å². The van der Waals surface area contributed by atoms with Crippen LogP contribution in [-0.2, 0) is 6.18 Å². The van der Waals surface area contributed by atoms with Gasteiger partial charge >= 0.3 is 6.18 Å². The van der Waals surface area contributed by atoms with E-state index >= 15 is 0 Å². The van der Waals surface area contributed by atoms with E-state index in [0.717, 1.165) is 12.1 Å². The molecule has 0 unspecified atom stereocenters. The molecule has 0 aliphatic rings. The molecule has 0 aliphatic carbocycles. The van der Waals surface area contributed by atoms with Crippen LogP contribution in [0.25, 0.3) is 22.5 Å². The van der Waals surface area contributed by atoms with Crippen molar-refractivity contribution in [1.82, 2.24) is 9.97 Å². The number of alkyl halides is 3. The quantitative estimate of drug-likeness (QED) is 0.431. The summed E-state index contributed by atoms with van der Waals surface area (Å²) >= 11 is 0. The third-order valence-corrected chi connectivity index (χ3v) is 3.54. The van der Waals surface area contributed by atoms with Gasteiger partial charge < -0.3 is 0 Å². The molecular formula is C19H16F3N3O2. The number of non-ortho nitro benzene ring substituents is 1. The molecule has 0 fully saturated rings. The van der Waals surface area contributed by atoms with Crippen LogP contribution in [0.5, 0.6) is 0 Å². The highest BCUT2D eigenvalue weighted by atomic mass is 19.4. The second-order valence-electron chi connectivity index (χ2n) is 5.13. The molecule has 0 amide bonds. The first-order valence-corrected chi connectivity index (χ1v) is 8.10. The van der Waals surface area contributed by atoms with Crippen molar-refractivity contribution in [2.24, 2.45) is 0 Å². The Morgan fingerprint density at radius 2 is 1.22 bits per heavy atom. The molecule has 0 radical (unpaired) electrons. The van der Waals surface area contributed by atoms with Gasteiger partial charge in [-0.1, -0.05) is 26.0 Å². The predicted octanol–water partition coefficient (Wildman–Crippen LogP) is 5.76. The molecule has 0 saturated heterocycles. The number of nitrogens with zero attached hydrogens (tertiary/aromatic N) is 3. The Labute approximate surface area is 153 Å². The smallest absolute Gasteiger partial charge is 0.258 e. The Morgan fingerprint density at radius 1 is 0.815 bits per heavy atom. The zero-order valence-corrected chi connectivity index (χ0v) is 14.6. The van der Waals surface area contributed by atoms with Crippen molar-refractivity contribution in [3.05, 3.63) is 76.6 Å². The lowest BCUT2D eigenvalue weighted by Gasteiger charge is -2.10. The van der Waals surface area contributed by atoms with E-state index in [-0.39, 0.29) is 5.69 Å². The standard InChI is InChI=1S/C17H10F3N3O2.C2H6/c18-17(19,20)13-5-1-11(2-6-13)15-16(22-10-9-21-15)12-3-7-14(8-4-12)23(24)25;1-2/h1-10H;1-2H3. The zero-order valence-electron chi connectivity index (χ0n) is 14.6. The van der Waals surface area contributed by atoms with Crippen LogP contribution in [0.4, 0.5) is 18.9 Å². The SMILES string of the molecule is CC.O=[N+]([O-])c1ccc(-c2nccnc2-c2ccc(C(F)(F)F)cc2)cc1. The number of hydrogen-bond donors (Lipinski definition) is 0. The molecule has 1 heterocycles. The molecule has 3 aromatic rings. The highest BCUT2D eigenvalue weighted by Crippen LogP contribution is 2.33. The van der Waals surface area contributed by atoms with Gasteiger partial charge in [0.1, 0.15) is 0 Å². The van der Waals surface area contributed by atoms with Gasteiger partial charge in [0, 0.05) is 35.7 Å². The van der Waals surface area contributed by atoms with E-state index in [1.807, 2.05) is 13.8 Å². The lowest BCUT2D eigenvalue weighted by atomic mass is 10.0. The largest absolute Gasteiger partial charge is 0.416 e. The summed E-state index contributed by atoms with van der Waals surface area (Å²) in [7, 11) is 0. The molecule has 2 aromatic carbocycles. The molecule has 3 rings (SSSR count). The highest BCUT2D eigenvalue weighted by molar-refractivity contribution is 5.78. The van der Waals surface area contributed by atoms with Crippen LogP contribution in [0.15, 0.2) is 60.9 Å². The first-order chi connectivity index (χ1) is 12.9. The Morgan fingerprint density at radius 3 is 1.59 bits per heavy atom. The van der Waals surface area contributed by atoms with Crippen molar-refractivity contribution in [3.8, 4) is 22.5 Å². The molecule has 0 aliphatic heterocycles. The van der Waals surface area contributed by atoms with Crippen LogP contribution in [0, 0.1) is 10.1 Å². The maximum absolute atomic E-state index is 12.7. The number of nitro benzene ring substituents is 1. The van der Waals surface area contributed by atoms with Gasteiger partial charge in [-0.3, -0.25) is 20.1 Å². The van der Waals surface area contributed by atoms with Gasteiger partial charge in [-0.25, -0.2) is 0 Å². The number of nitro groups is 1. The van der Waals surface area contributed by atoms with Crippen LogP contribution < -0.4 is 0 Å². The van der Waals surface area contributed by atoms with Crippen LogP contribution in [-0.4, -0.2) is 14.9 Å². The molecule has 5 nitrogen and oxygen atoms in total. The van der Waals surface area contributed by atoms with Gasteiger partial charge in [0.2, 0.25) is 0 Å². The van der Waals surface area contributed by atoms with E-state index in [0.29, 0.717) is 22.5 Å². The summed E-state index contributed by atoms with van der Waals surface area (Å²) in [5, 5.41) is 10.7. The molecule has 8 heteroatoms. The van der Waals surface area contributed by atoms with Gasteiger partial charge in [0.05, 0.1) is 21.9 Å². The average molecular weight is 375 g/mol. The summed E-state index contributed by atoms with van der Waals surface area (Å²) < 4.78 is 38.1. The van der Waals surface area contributed by atoms with E-state index in [2.05, 4.69) is 9.97 Å². The molecule has 0 N–H and O–H groups in total. The monoisotopic (exact) mass is 375 g/mol. The van der Waals surface area contributed by atoms with E-state index in [9.17, 15) is 23.3 Å². The fourth-order valence-corrected chi connectivity index (χ4v) is 2.32. The summed E-state index contributed by atoms with van der Waals surface area (Å²) in [6.07, 6.45) is -1.53. The molecule has 0 bridgehead atoms. The Kier molecular flexibility index (Phi) is 6.23. The first kappa shape index (κ1) is 20.0. The minimum Gasteiger partial charge on any atom is -0.258 e. The second-order valence-corrected chi connectivity index (χ2v) is 5.13.